The Morgan fingerprint density at radius 1 is 1.40 bits per heavy atom. The van der Waals surface area contributed by atoms with Gasteiger partial charge in [0.2, 0.25) is 0 Å². The van der Waals surface area contributed by atoms with Crippen LogP contribution in [0.1, 0.15) is 35.4 Å². The molecule has 2 nitrogen and oxygen atoms in total. The lowest BCUT2D eigenvalue weighted by Gasteiger charge is -2.11. The first kappa shape index (κ1) is 9.49. The van der Waals surface area contributed by atoms with E-state index < -0.39 is 0 Å². The van der Waals surface area contributed by atoms with E-state index in [1.807, 2.05) is 0 Å². The van der Waals surface area contributed by atoms with Crippen molar-refractivity contribution in [3.63, 3.8) is 0 Å². The Bertz CT molecular complexity index is 387. The molecule has 2 aliphatic rings. The first-order valence-corrected chi connectivity index (χ1v) is 5.97. The summed E-state index contributed by atoms with van der Waals surface area (Å²) in [7, 11) is 0. The maximum absolute atomic E-state index is 6.39. The van der Waals surface area contributed by atoms with E-state index in [1.54, 1.807) is 0 Å². The van der Waals surface area contributed by atoms with Crippen molar-refractivity contribution in [3.8, 4) is 0 Å². The molecule has 0 amide bonds. The highest BCUT2D eigenvalue weighted by Crippen LogP contribution is 2.46. The maximum atomic E-state index is 6.39. The lowest BCUT2D eigenvalue weighted by atomic mass is 10.0. The second kappa shape index (κ2) is 3.39. The molecule has 0 spiro atoms. The molecular formula is C12H15ClN2. The Hall–Kier alpha value is -0.730. The largest absolute Gasteiger partial charge is 0.383 e. The van der Waals surface area contributed by atoms with Crippen molar-refractivity contribution in [2.24, 2.45) is 11.7 Å². The quantitative estimate of drug-likeness (QED) is 0.756. The number of benzene rings is 1. The summed E-state index contributed by atoms with van der Waals surface area (Å²) in [5.41, 5.74) is 9.63. The fourth-order valence-corrected chi connectivity index (χ4v) is 2.60. The Balaban J connectivity index is 1.93. The van der Waals surface area contributed by atoms with Crippen LogP contribution in [0.4, 0.5) is 5.69 Å². The van der Waals surface area contributed by atoms with Gasteiger partial charge in [-0.1, -0.05) is 12.1 Å². The molecule has 1 aliphatic carbocycles. The second-order valence-corrected chi connectivity index (χ2v) is 5.04. The molecule has 2 atom stereocenters. The standard InChI is InChI=1S/C12H15ClN2/c13-12(7-1-2-7)8-3-4-11-9(5-8)10(14)6-15-11/h3-5,7,10,12,15H,1-2,6,14H2/t10-,12+/m0/s1. The SMILES string of the molecule is N[C@H]1CNc2ccc([C@H](Cl)C3CC3)cc21. The summed E-state index contributed by atoms with van der Waals surface area (Å²) >= 11 is 6.39. The van der Waals surface area contributed by atoms with E-state index in [9.17, 15) is 0 Å². The second-order valence-electron chi connectivity index (χ2n) is 4.57. The van der Waals surface area contributed by atoms with E-state index >= 15 is 0 Å². The molecule has 0 saturated heterocycles. The highest BCUT2D eigenvalue weighted by atomic mass is 35.5. The molecule has 1 heterocycles. The minimum absolute atomic E-state index is 0.128. The molecule has 0 radical (unpaired) electrons. The van der Waals surface area contributed by atoms with Gasteiger partial charge in [-0.15, -0.1) is 11.6 Å². The van der Waals surface area contributed by atoms with Crippen molar-refractivity contribution in [2.75, 3.05) is 11.9 Å². The van der Waals surface area contributed by atoms with Gasteiger partial charge in [0.05, 0.1) is 5.38 Å². The Labute approximate surface area is 94.8 Å². The minimum Gasteiger partial charge on any atom is -0.383 e. The fourth-order valence-electron chi connectivity index (χ4n) is 2.21. The third-order valence-corrected chi connectivity index (χ3v) is 3.95. The normalized spacial score (nSPS) is 25.9. The summed E-state index contributed by atoms with van der Waals surface area (Å²) < 4.78 is 0. The molecule has 0 unspecified atom stereocenters. The molecule has 3 N–H and O–H groups in total. The molecule has 1 aromatic rings. The zero-order valence-corrected chi connectivity index (χ0v) is 9.30. The first-order valence-electron chi connectivity index (χ1n) is 5.53. The van der Waals surface area contributed by atoms with E-state index in [0.29, 0.717) is 5.92 Å². The molecule has 1 aliphatic heterocycles. The van der Waals surface area contributed by atoms with Crippen molar-refractivity contribution in [1.29, 1.82) is 0 Å². The van der Waals surface area contributed by atoms with Crippen LogP contribution in [-0.2, 0) is 0 Å². The zero-order chi connectivity index (χ0) is 10.4. The van der Waals surface area contributed by atoms with Crippen LogP contribution < -0.4 is 11.1 Å². The van der Waals surface area contributed by atoms with Crippen LogP contribution in [-0.4, -0.2) is 6.54 Å². The minimum atomic E-state index is 0.128. The molecule has 1 fully saturated rings. The summed E-state index contributed by atoms with van der Waals surface area (Å²) in [4.78, 5) is 0. The van der Waals surface area contributed by atoms with Crippen molar-refractivity contribution >= 4 is 17.3 Å². The van der Waals surface area contributed by atoms with Crippen molar-refractivity contribution in [2.45, 2.75) is 24.3 Å². The van der Waals surface area contributed by atoms with Crippen LogP contribution in [0.5, 0.6) is 0 Å². The van der Waals surface area contributed by atoms with Gasteiger partial charge in [0.15, 0.2) is 0 Å². The number of fused-ring (bicyclic) bond motifs is 1. The van der Waals surface area contributed by atoms with Gasteiger partial charge in [-0.3, -0.25) is 0 Å². The molecule has 3 heteroatoms. The smallest absolute Gasteiger partial charge is 0.0613 e. The molecule has 1 saturated carbocycles. The number of alkyl halides is 1. The van der Waals surface area contributed by atoms with Crippen molar-refractivity contribution in [3.05, 3.63) is 29.3 Å². The highest BCUT2D eigenvalue weighted by molar-refractivity contribution is 6.21. The summed E-state index contributed by atoms with van der Waals surface area (Å²) in [5, 5.41) is 3.48. The van der Waals surface area contributed by atoms with Gasteiger partial charge in [0.25, 0.3) is 0 Å². The number of hydrogen-bond acceptors (Lipinski definition) is 2. The topological polar surface area (TPSA) is 38.0 Å². The summed E-state index contributed by atoms with van der Waals surface area (Å²) in [5.74, 6) is 0.690. The molecule has 0 aromatic heterocycles. The number of hydrogen-bond donors (Lipinski definition) is 2. The highest BCUT2D eigenvalue weighted by Gasteiger charge is 2.31. The van der Waals surface area contributed by atoms with Gasteiger partial charge in [-0.05, 0) is 36.0 Å². The van der Waals surface area contributed by atoms with Crippen LogP contribution in [0.3, 0.4) is 0 Å². The van der Waals surface area contributed by atoms with Crippen molar-refractivity contribution < 1.29 is 0 Å². The van der Waals surface area contributed by atoms with Gasteiger partial charge < -0.3 is 11.1 Å². The van der Waals surface area contributed by atoms with E-state index in [-0.39, 0.29) is 11.4 Å². The van der Waals surface area contributed by atoms with Crippen LogP contribution in [0.15, 0.2) is 18.2 Å². The molecule has 1 aromatic carbocycles. The molecule has 3 rings (SSSR count). The van der Waals surface area contributed by atoms with Gasteiger partial charge in [-0.2, -0.15) is 0 Å². The van der Waals surface area contributed by atoms with Crippen molar-refractivity contribution in [1.82, 2.24) is 0 Å². The number of anilines is 1. The van der Waals surface area contributed by atoms with Crippen LogP contribution in [0.2, 0.25) is 0 Å². The van der Waals surface area contributed by atoms with Gasteiger partial charge >= 0.3 is 0 Å². The fraction of sp³-hybridized carbons (Fsp3) is 0.500. The van der Waals surface area contributed by atoms with Gasteiger partial charge in [0.1, 0.15) is 0 Å². The maximum Gasteiger partial charge on any atom is 0.0613 e. The van der Waals surface area contributed by atoms with Crippen LogP contribution >= 0.6 is 11.6 Å². The summed E-state index contributed by atoms with van der Waals surface area (Å²) in [6, 6.07) is 6.54. The third-order valence-electron chi connectivity index (χ3n) is 3.34. The molecule has 15 heavy (non-hydrogen) atoms. The molecular weight excluding hydrogens is 208 g/mol. The average Bonchev–Trinajstić information content (AvgIpc) is 3.04. The van der Waals surface area contributed by atoms with Gasteiger partial charge in [-0.25, -0.2) is 0 Å². The monoisotopic (exact) mass is 222 g/mol. The Morgan fingerprint density at radius 2 is 2.20 bits per heavy atom. The molecule has 80 valence electrons. The lowest BCUT2D eigenvalue weighted by Crippen LogP contribution is -2.11. The number of nitrogens with two attached hydrogens (primary N) is 1. The molecule has 0 bridgehead atoms. The number of nitrogens with one attached hydrogen (secondary N) is 1. The van der Waals surface area contributed by atoms with E-state index in [2.05, 4.69) is 23.5 Å². The van der Waals surface area contributed by atoms with Crippen LogP contribution in [0, 0.1) is 5.92 Å². The number of rotatable bonds is 2. The summed E-state index contributed by atoms with van der Waals surface area (Å²) in [6.45, 7) is 0.842. The Kier molecular flexibility index (Phi) is 2.15. The predicted octanol–water partition coefficient (Wildman–Crippen LogP) is 2.80. The number of halogens is 1. The third kappa shape index (κ3) is 1.62. The average molecular weight is 223 g/mol. The Morgan fingerprint density at radius 3 is 2.93 bits per heavy atom. The van der Waals surface area contributed by atoms with Crippen LogP contribution in [0.25, 0.3) is 0 Å². The predicted molar refractivity (Wildman–Crippen MR) is 63.2 cm³/mol. The van der Waals surface area contributed by atoms with E-state index in [1.165, 1.54) is 29.7 Å². The van der Waals surface area contributed by atoms with E-state index in [4.69, 9.17) is 17.3 Å². The lowest BCUT2D eigenvalue weighted by molar-refractivity contribution is 0.782. The van der Waals surface area contributed by atoms with E-state index in [0.717, 1.165) is 6.54 Å². The summed E-state index contributed by atoms with van der Waals surface area (Å²) in [6.07, 6.45) is 2.55. The van der Waals surface area contributed by atoms with Gasteiger partial charge in [0, 0.05) is 18.3 Å². The first-order chi connectivity index (χ1) is 7.25. The zero-order valence-electron chi connectivity index (χ0n) is 8.54.